The molecule has 1 amide bonds. The van der Waals surface area contributed by atoms with Gasteiger partial charge in [0.1, 0.15) is 0 Å². The summed E-state index contributed by atoms with van der Waals surface area (Å²) in [6.45, 7) is 8.15. The predicted octanol–water partition coefficient (Wildman–Crippen LogP) is 1.18. The maximum absolute atomic E-state index is 12.2. The van der Waals surface area contributed by atoms with E-state index in [2.05, 4.69) is 15.5 Å². The van der Waals surface area contributed by atoms with Crippen LogP contribution in [0.4, 0.5) is 0 Å². The number of carbonyl (C=O) groups excluding carboxylic acids is 1. The number of carbonyl (C=O) groups is 1. The van der Waals surface area contributed by atoms with E-state index in [1.165, 1.54) is 0 Å². The fourth-order valence-electron chi connectivity index (χ4n) is 2.32. The number of aliphatic hydroxyl groups excluding tert-OH is 1. The number of fused-ring (bicyclic) bond motifs is 1. The molecular weight excluding hydrogens is 258 g/mol. The monoisotopic (exact) mass is 281 g/mol. The average molecular weight is 281 g/mol. The number of nitrogens with one attached hydrogen (secondary N) is 2. The molecule has 0 aliphatic carbocycles. The van der Waals surface area contributed by atoms with E-state index in [0.717, 1.165) is 11.3 Å². The minimum atomic E-state index is -0.338. The van der Waals surface area contributed by atoms with Crippen LogP contribution in [-0.2, 0) is 11.2 Å². The summed E-state index contributed by atoms with van der Waals surface area (Å²) in [5.41, 5.74) is 1.93. The number of rotatable bonds is 4. The molecule has 1 aromatic heterocycles. The van der Waals surface area contributed by atoms with Crippen LogP contribution in [0.5, 0.6) is 0 Å². The average Bonchev–Trinajstić information content (AvgIpc) is 2.80. The number of amides is 1. The van der Waals surface area contributed by atoms with Gasteiger partial charge in [0.05, 0.1) is 17.9 Å². The summed E-state index contributed by atoms with van der Waals surface area (Å²) in [4.78, 5) is 12.2. The van der Waals surface area contributed by atoms with Crippen LogP contribution in [0.3, 0.4) is 0 Å². The van der Waals surface area contributed by atoms with Crippen molar-refractivity contribution in [3.63, 3.8) is 0 Å². The van der Waals surface area contributed by atoms with Gasteiger partial charge >= 0.3 is 0 Å². The third-order valence-electron chi connectivity index (χ3n) is 3.60. The molecule has 6 heteroatoms. The summed E-state index contributed by atoms with van der Waals surface area (Å²) >= 11 is 0. The van der Waals surface area contributed by atoms with E-state index in [1.54, 1.807) is 0 Å². The molecule has 0 radical (unpaired) electrons. The van der Waals surface area contributed by atoms with Gasteiger partial charge in [-0.1, -0.05) is 13.8 Å². The van der Waals surface area contributed by atoms with E-state index in [9.17, 15) is 9.90 Å². The first-order chi connectivity index (χ1) is 9.34. The highest BCUT2D eigenvalue weighted by Crippen LogP contribution is 2.30. The third kappa shape index (κ3) is 3.02. The molecule has 112 valence electrons. The van der Waals surface area contributed by atoms with Gasteiger partial charge in [0, 0.05) is 30.6 Å². The second-order valence-corrected chi connectivity index (χ2v) is 6.26. The van der Waals surface area contributed by atoms with Gasteiger partial charge in [-0.15, -0.1) is 0 Å². The molecule has 0 fully saturated rings. The Balaban J connectivity index is 2.12. The lowest BCUT2D eigenvalue weighted by Gasteiger charge is -2.25. The fraction of sp³-hybridized carbons (Fsp3) is 0.714. The largest absolute Gasteiger partial charge is 0.396 e. The van der Waals surface area contributed by atoms with E-state index in [-0.39, 0.29) is 30.1 Å². The molecule has 3 N–H and O–H groups in total. The van der Waals surface area contributed by atoms with Crippen LogP contribution < -0.4 is 5.32 Å². The second kappa shape index (κ2) is 5.54. The molecule has 0 bridgehead atoms. The Morgan fingerprint density at radius 2 is 2.25 bits per heavy atom. The number of aliphatic hydroxyl groups is 1. The van der Waals surface area contributed by atoms with Crippen LogP contribution in [0.1, 0.15) is 55.5 Å². The number of nitrogens with zero attached hydrogens (tertiary/aromatic N) is 1. The number of aromatic nitrogens is 2. The van der Waals surface area contributed by atoms with E-state index < -0.39 is 0 Å². The maximum Gasteiger partial charge on any atom is 0.272 e. The van der Waals surface area contributed by atoms with Crippen molar-refractivity contribution >= 4 is 5.91 Å². The zero-order chi connectivity index (χ0) is 14.9. The summed E-state index contributed by atoms with van der Waals surface area (Å²) < 4.78 is 5.70. The van der Waals surface area contributed by atoms with Gasteiger partial charge in [0.25, 0.3) is 5.91 Å². The van der Waals surface area contributed by atoms with E-state index >= 15 is 0 Å². The van der Waals surface area contributed by atoms with Crippen LogP contribution in [0.15, 0.2) is 0 Å². The molecule has 2 atom stereocenters. The van der Waals surface area contributed by atoms with Crippen LogP contribution in [0, 0.1) is 5.41 Å². The number of hydrogen-bond acceptors (Lipinski definition) is 4. The Hall–Kier alpha value is -1.40. The Kier molecular flexibility index (Phi) is 4.15. The van der Waals surface area contributed by atoms with Crippen molar-refractivity contribution in [3.8, 4) is 0 Å². The maximum atomic E-state index is 12.2. The van der Waals surface area contributed by atoms with Crippen LogP contribution in [-0.4, -0.2) is 40.5 Å². The van der Waals surface area contributed by atoms with Crippen molar-refractivity contribution in [2.24, 2.45) is 5.41 Å². The summed E-state index contributed by atoms with van der Waals surface area (Å²) in [7, 11) is 0. The van der Waals surface area contributed by atoms with Crippen LogP contribution in [0.2, 0.25) is 0 Å². The highest BCUT2D eigenvalue weighted by Gasteiger charge is 2.30. The summed E-state index contributed by atoms with van der Waals surface area (Å²) in [5.74, 6) is -0.203. The van der Waals surface area contributed by atoms with Gasteiger partial charge in [-0.2, -0.15) is 5.10 Å². The molecule has 1 aliphatic rings. The van der Waals surface area contributed by atoms with E-state index in [0.29, 0.717) is 18.7 Å². The first-order valence-electron chi connectivity index (χ1n) is 6.95. The van der Waals surface area contributed by atoms with Gasteiger partial charge in [-0.25, -0.2) is 0 Å². The molecule has 0 saturated heterocycles. The normalized spacial score (nSPS) is 22.4. The molecule has 0 spiro atoms. The molecule has 0 saturated carbocycles. The Labute approximate surface area is 118 Å². The SMILES string of the molecule is C[C@@H]1Cc2c(C(=O)NCC(C)(C)CO)n[nH]c2[C@H](C)O1. The zero-order valence-corrected chi connectivity index (χ0v) is 12.5. The van der Waals surface area contributed by atoms with E-state index in [4.69, 9.17) is 4.74 Å². The zero-order valence-electron chi connectivity index (χ0n) is 12.5. The molecule has 2 rings (SSSR count). The Morgan fingerprint density at radius 3 is 2.90 bits per heavy atom. The minimum Gasteiger partial charge on any atom is -0.396 e. The van der Waals surface area contributed by atoms with Crippen molar-refractivity contribution in [1.29, 1.82) is 0 Å². The molecule has 1 aliphatic heterocycles. The lowest BCUT2D eigenvalue weighted by atomic mass is 9.94. The van der Waals surface area contributed by atoms with Crippen molar-refractivity contribution in [3.05, 3.63) is 17.0 Å². The molecule has 20 heavy (non-hydrogen) atoms. The molecule has 0 unspecified atom stereocenters. The summed E-state index contributed by atoms with van der Waals surface area (Å²) in [6, 6.07) is 0. The van der Waals surface area contributed by atoms with Crippen molar-refractivity contribution < 1.29 is 14.6 Å². The highest BCUT2D eigenvalue weighted by atomic mass is 16.5. The number of hydrogen-bond donors (Lipinski definition) is 3. The summed E-state index contributed by atoms with van der Waals surface area (Å²) in [5, 5.41) is 19.1. The summed E-state index contributed by atoms with van der Waals surface area (Å²) in [6.07, 6.45) is 0.690. The molecule has 2 heterocycles. The minimum absolute atomic E-state index is 0.0217. The van der Waals surface area contributed by atoms with Gasteiger partial charge in [-0.3, -0.25) is 9.89 Å². The van der Waals surface area contributed by atoms with E-state index in [1.807, 2.05) is 27.7 Å². The van der Waals surface area contributed by atoms with Crippen LogP contribution >= 0.6 is 0 Å². The molecule has 0 aromatic carbocycles. The molecular formula is C14H23N3O3. The predicted molar refractivity (Wildman–Crippen MR) is 74.5 cm³/mol. The number of H-pyrrole nitrogens is 1. The van der Waals surface area contributed by atoms with Crippen molar-refractivity contribution in [1.82, 2.24) is 15.5 Å². The Bertz CT molecular complexity index is 496. The first-order valence-corrected chi connectivity index (χ1v) is 6.95. The molecule has 1 aromatic rings. The quantitative estimate of drug-likeness (QED) is 0.773. The van der Waals surface area contributed by atoms with Gasteiger partial charge in [0.2, 0.25) is 0 Å². The first kappa shape index (κ1) is 15.0. The lowest BCUT2D eigenvalue weighted by molar-refractivity contribution is -0.00697. The molecule has 6 nitrogen and oxygen atoms in total. The van der Waals surface area contributed by atoms with Crippen LogP contribution in [0.25, 0.3) is 0 Å². The standard InChI is InChI=1S/C14H23N3O3/c1-8-5-10-11(9(2)20-8)16-17-12(10)13(19)15-6-14(3,4)7-18/h8-9,18H,5-7H2,1-4H3,(H,15,19)(H,16,17)/t8-,9+/m1/s1. The smallest absolute Gasteiger partial charge is 0.272 e. The van der Waals surface area contributed by atoms with Crippen molar-refractivity contribution in [2.75, 3.05) is 13.2 Å². The number of aromatic amines is 1. The van der Waals surface area contributed by atoms with Gasteiger partial charge < -0.3 is 15.2 Å². The van der Waals surface area contributed by atoms with Crippen molar-refractivity contribution in [2.45, 2.75) is 46.3 Å². The third-order valence-corrected chi connectivity index (χ3v) is 3.60. The lowest BCUT2D eigenvalue weighted by Crippen LogP contribution is -2.37. The topological polar surface area (TPSA) is 87.2 Å². The second-order valence-electron chi connectivity index (χ2n) is 6.26. The van der Waals surface area contributed by atoms with Gasteiger partial charge in [-0.05, 0) is 13.8 Å². The highest BCUT2D eigenvalue weighted by molar-refractivity contribution is 5.94. The Morgan fingerprint density at radius 1 is 1.55 bits per heavy atom. The fourth-order valence-corrected chi connectivity index (χ4v) is 2.32. The number of ether oxygens (including phenoxy) is 1. The van der Waals surface area contributed by atoms with Gasteiger partial charge in [0.15, 0.2) is 5.69 Å².